The number of carboxylic acids is 2. The molecule has 0 radical (unpaired) electrons. The third kappa shape index (κ3) is 5.74. The fourth-order valence-corrected chi connectivity index (χ4v) is 4.31. The van der Waals surface area contributed by atoms with E-state index in [2.05, 4.69) is 0 Å². The van der Waals surface area contributed by atoms with Gasteiger partial charge >= 0.3 is 17.9 Å². The van der Waals surface area contributed by atoms with Gasteiger partial charge in [0, 0.05) is 31.8 Å². The van der Waals surface area contributed by atoms with Crippen LogP contribution in [-0.2, 0) is 26.2 Å². The van der Waals surface area contributed by atoms with Crippen LogP contribution in [0.25, 0.3) is 33.0 Å². The van der Waals surface area contributed by atoms with Gasteiger partial charge in [0.05, 0.1) is 27.4 Å². The summed E-state index contributed by atoms with van der Waals surface area (Å²) in [5, 5.41) is 59.5. The fourth-order valence-electron chi connectivity index (χ4n) is 4.31. The molecule has 2 heterocycles. The molecule has 0 saturated carbocycles. The number of ether oxygens (including phenoxy) is 1. The zero-order valence-electron chi connectivity index (χ0n) is 22.0. The standard InChI is InChI=1S/C27H22N2O14/c1-29-7-11(23(36)10-4-15(30)16(31)5-14(10)29)12-8-42-18-6-17(32)25(38)22(21(18)24(12)37)27(41)43-9-19(33)28-13(26(39)40)2-3-20(34)35/h4-8,13,30-32,38H,2-3,9H2,1H3,(H,28,33)(H,34,35)(H,39,40)/t13-/m0/s1. The molecule has 0 aliphatic carbocycles. The first-order valence-corrected chi connectivity index (χ1v) is 12.2. The van der Waals surface area contributed by atoms with Crippen molar-refractivity contribution in [1.29, 1.82) is 0 Å². The Morgan fingerprint density at radius 1 is 0.953 bits per heavy atom. The number of carbonyl (C=O) groups excluding carboxylic acids is 2. The van der Waals surface area contributed by atoms with Crippen LogP contribution >= 0.6 is 0 Å². The summed E-state index contributed by atoms with van der Waals surface area (Å²) < 4.78 is 11.6. The first-order chi connectivity index (χ1) is 20.2. The van der Waals surface area contributed by atoms with Gasteiger partial charge < -0.3 is 49.7 Å². The van der Waals surface area contributed by atoms with Gasteiger partial charge in [-0.2, -0.15) is 0 Å². The highest BCUT2D eigenvalue weighted by molar-refractivity contribution is 6.08. The number of nitrogens with one attached hydrogen (secondary N) is 1. The topological polar surface area (TPSA) is 263 Å². The molecule has 16 nitrogen and oxygen atoms in total. The number of hydrogen-bond acceptors (Lipinski definition) is 12. The number of aromatic nitrogens is 1. The monoisotopic (exact) mass is 598 g/mol. The van der Waals surface area contributed by atoms with Gasteiger partial charge in [0.25, 0.3) is 5.91 Å². The number of phenolic OH excluding ortho intramolecular Hbond substituents is 4. The van der Waals surface area contributed by atoms with Crippen molar-refractivity contribution in [2.24, 2.45) is 7.05 Å². The van der Waals surface area contributed by atoms with Gasteiger partial charge in [-0.25, -0.2) is 9.59 Å². The van der Waals surface area contributed by atoms with Crippen molar-refractivity contribution < 1.29 is 59.0 Å². The number of esters is 1. The highest BCUT2D eigenvalue weighted by atomic mass is 16.5. The van der Waals surface area contributed by atoms with Crippen molar-refractivity contribution in [3.05, 3.63) is 56.7 Å². The van der Waals surface area contributed by atoms with Gasteiger partial charge in [0.1, 0.15) is 23.5 Å². The van der Waals surface area contributed by atoms with E-state index in [1.54, 1.807) is 0 Å². The molecule has 0 aliphatic heterocycles. The predicted octanol–water partition coefficient (Wildman–Crippen LogP) is 0.725. The lowest BCUT2D eigenvalue weighted by Gasteiger charge is -2.14. The third-order valence-electron chi connectivity index (χ3n) is 6.41. The summed E-state index contributed by atoms with van der Waals surface area (Å²) in [6, 6.07) is 1.32. The number of aliphatic carboxylic acids is 2. The number of hydrogen-bond donors (Lipinski definition) is 7. The minimum Gasteiger partial charge on any atom is -0.504 e. The summed E-state index contributed by atoms with van der Waals surface area (Å²) in [5.74, 6) is -8.65. The first-order valence-electron chi connectivity index (χ1n) is 12.2. The molecule has 1 atom stereocenters. The van der Waals surface area contributed by atoms with Crippen LogP contribution in [0.4, 0.5) is 0 Å². The maximum atomic E-state index is 13.6. The number of amides is 1. The molecule has 224 valence electrons. The number of carboxylic acid groups (broad SMARTS) is 2. The van der Waals surface area contributed by atoms with Crippen molar-refractivity contribution in [3.63, 3.8) is 0 Å². The van der Waals surface area contributed by atoms with Crippen molar-refractivity contribution in [3.8, 4) is 34.1 Å². The zero-order chi connectivity index (χ0) is 31.7. The summed E-state index contributed by atoms with van der Waals surface area (Å²) in [7, 11) is 1.48. The normalized spacial score (nSPS) is 11.7. The average molecular weight is 598 g/mol. The van der Waals surface area contributed by atoms with Crippen LogP contribution in [0.2, 0.25) is 0 Å². The predicted molar refractivity (Wildman–Crippen MR) is 144 cm³/mol. The molecule has 0 bridgehead atoms. The Morgan fingerprint density at radius 3 is 2.28 bits per heavy atom. The molecule has 2 aromatic carbocycles. The molecule has 4 rings (SSSR count). The Labute approximate surface area is 238 Å². The molecule has 16 heteroatoms. The quantitative estimate of drug-likeness (QED) is 0.103. The van der Waals surface area contributed by atoms with Gasteiger partial charge in [-0.15, -0.1) is 0 Å². The summed E-state index contributed by atoms with van der Waals surface area (Å²) in [6.07, 6.45) is 1.05. The van der Waals surface area contributed by atoms with Gasteiger partial charge in [0.15, 0.2) is 35.0 Å². The average Bonchev–Trinajstić information content (AvgIpc) is 2.94. The molecule has 4 aromatic rings. The molecular weight excluding hydrogens is 576 g/mol. The van der Waals surface area contributed by atoms with Gasteiger partial charge in [0.2, 0.25) is 5.43 Å². The van der Waals surface area contributed by atoms with Gasteiger partial charge in [-0.05, 0) is 12.5 Å². The fraction of sp³-hybridized carbons (Fsp3) is 0.185. The maximum absolute atomic E-state index is 13.6. The second kappa shape index (κ2) is 11.4. The molecule has 43 heavy (non-hydrogen) atoms. The van der Waals surface area contributed by atoms with Crippen molar-refractivity contribution in [1.82, 2.24) is 9.88 Å². The van der Waals surface area contributed by atoms with E-state index in [1.165, 1.54) is 17.8 Å². The van der Waals surface area contributed by atoms with Crippen LogP contribution in [0.15, 0.2) is 44.7 Å². The van der Waals surface area contributed by atoms with Gasteiger partial charge in [-0.1, -0.05) is 0 Å². The van der Waals surface area contributed by atoms with E-state index < -0.39 is 105 Å². The van der Waals surface area contributed by atoms with E-state index in [4.69, 9.17) is 14.3 Å². The Hall–Kier alpha value is -6.06. The summed E-state index contributed by atoms with van der Waals surface area (Å²) >= 11 is 0. The molecular formula is C27H22N2O14. The van der Waals surface area contributed by atoms with Crippen LogP contribution in [0.5, 0.6) is 23.0 Å². The van der Waals surface area contributed by atoms with E-state index in [-0.39, 0.29) is 16.5 Å². The Morgan fingerprint density at radius 2 is 1.63 bits per heavy atom. The van der Waals surface area contributed by atoms with Crippen molar-refractivity contribution in [2.45, 2.75) is 18.9 Å². The van der Waals surface area contributed by atoms with Crippen LogP contribution in [0, 0.1) is 0 Å². The molecule has 1 amide bonds. The smallest absolute Gasteiger partial charge is 0.343 e. The van der Waals surface area contributed by atoms with E-state index in [9.17, 15) is 54.3 Å². The summed E-state index contributed by atoms with van der Waals surface area (Å²) in [6.45, 7) is -1.13. The lowest BCUT2D eigenvalue weighted by atomic mass is 10.0. The lowest BCUT2D eigenvalue weighted by molar-refractivity contribution is -0.143. The SMILES string of the molecule is Cn1cc(-c2coc3cc(O)c(O)c(C(=O)OCC(=O)N[C@@H](CCC(=O)O)C(=O)O)c3c2=O)c(=O)c2cc(O)c(O)cc21. The largest absolute Gasteiger partial charge is 0.504 e. The second-order valence-corrected chi connectivity index (χ2v) is 9.28. The lowest BCUT2D eigenvalue weighted by Crippen LogP contribution is -2.43. The van der Waals surface area contributed by atoms with E-state index in [0.717, 1.165) is 24.5 Å². The first kappa shape index (κ1) is 29.9. The number of fused-ring (bicyclic) bond motifs is 2. The molecule has 0 unspecified atom stereocenters. The third-order valence-corrected chi connectivity index (χ3v) is 6.41. The number of aryl methyl sites for hydroxylation is 1. The number of nitrogens with zero attached hydrogens (tertiary/aromatic N) is 1. The van der Waals surface area contributed by atoms with Gasteiger partial charge in [-0.3, -0.25) is 19.2 Å². The Kier molecular flexibility index (Phi) is 7.96. The molecule has 0 spiro atoms. The number of aromatic hydroxyl groups is 4. The van der Waals surface area contributed by atoms with Crippen LogP contribution in [0.1, 0.15) is 23.2 Å². The molecule has 0 aliphatic rings. The maximum Gasteiger partial charge on any atom is 0.343 e. The summed E-state index contributed by atoms with van der Waals surface area (Å²) in [4.78, 5) is 74.1. The highest BCUT2D eigenvalue weighted by Gasteiger charge is 2.28. The highest BCUT2D eigenvalue weighted by Crippen LogP contribution is 2.36. The molecule has 0 saturated heterocycles. The van der Waals surface area contributed by atoms with Crippen molar-refractivity contribution >= 4 is 45.7 Å². The van der Waals surface area contributed by atoms with Crippen LogP contribution in [0.3, 0.4) is 0 Å². The van der Waals surface area contributed by atoms with Crippen molar-refractivity contribution in [2.75, 3.05) is 6.61 Å². The minimum absolute atomic E-state index is 0.0861. The second-order valence-electron chi connectivity index (χ2n) is 9.28. The number of phenols is 4. The van der Waals surface area contributed by atoms with E-state index in [0.29, 0.717) is 0 Å². The molecule has 0 fully saturated rings. The number of carbonyl (C=O) groups is 4. The van der Waals surface area contributed by atoms with Crippen LogP contribution < -0.4 is 16.2 Å². The number of rotatable bonds is 9. The van der Waals surface area contributed by atoms with Crippen LogP contribution in [-0.4, -0.2) is 71.7 Å². The zero-order valence-corrected chi connectivity index (χ0v) is 22.0. The van der Waals surface area contributed by atoms with E-state index in [1.807, 2.05) is 5.32 Å². The number of benzene rings is 2. The summed E-state index contributed by atoms with van der Waals surface area (Å²) in [5.41, 5.74) is -3.61. The number of pyridine rings is 1. The minimum atomic E-state index is -1.62. The molecule has 2 aromatic heterocycles. The molecule has 7 N–H and O–H groups in total. The van der Waals surface area contributed by atoms with E-state index >= 15 is 0 Å². The Bertz CT molecular complexity index is 1960. The Balaban J connectivity index is 1.75.